The van der Waals surface area contributed by atoms with Crippen molar-refractivity contribution in [1.29, 1.82) is 5.26 Å². The average molecular weight is 407 g/mol. The molecule has 1 aliphatic rings. The van der Waals surface area contributed by atoms with Gasteiger partial charge in [0.1, 0.15) is 17.1 Å². The summed E-state index contributed by atoms with van der Waals surface area (Å²) in [5.74, 6) is 0.278. The van der Waals surface area contributed by atoms with E-state index in [0.29, 0.717) is 11.3 Å². The normalized spacial score (nSPS) is 15.4. The summed E-state index contributed by atoms with van der Waals surface area (Å²) in [7, 11) is 1.47. The summed E-state index contributed by atoms with van der Waals surface area (Å²) in [6.07, 6.45) is 3.95. The van der Waals surface area contributed by atoms with Crippen molar-refractivity contribution < 1.29 is 18.7 Å². The van der Waals surface area contributed by atoms with Crippen LogP contribution in [0.3, 0.4) is 0 Å². The van der Waals surface area contributed by atoms with E-state index in [9.17, 15) is 14.4 Å². The molecular formula is C23H22FN3O3. The number of fused-ring (bicyclic) bond motifs is 1. The van der Waals surface area contributed by atoms with Crippen molar-refractivity contribution >= 4 is 11.3 Å². The van der Waals surface area contributed by atoms with Gasteiger partial charge in [0.2, 0.25) is 6.36 Å². The number of hydrogen-bond donors (Lipinski definition) is 0. The number of ether oxygens (including phenoxy) is 2. The van der Waals surface area contributed by atoms with Crippen LogP contribution < -0.4 is 9.47 Å². The molecule has 2 heterocycles. The first kappa shape index (κ1) is 19.9. The van der Waals surface area contributed by atoms with E-state index in [1.807, 2.05) is 18.3 Å². The van der Waals surface area contributed by atoms with E-state index < -0.39 is 11.8 Å². The number of carbonyl (C=O) groups excluding carboxylic acids is 1. The Kier molecular flexibility index (Phi) is 4.94. The maximum Gasteiger partial charge on any atom is 0.235 e. The zero-order valence-corrected chi connectivity index (χ0v) is 17.1. The monoisotopic (exact) mass is 407 g/mol. The predicted octanol–water partition coefficient (Wildman–Crippen LogP) is 4.85. The van der Waals surface area contributed by atoms with Crippen molar-refractivity contribution in [3.63, 3.8) is 0 Å². The van der Waals surface area contributed by atoms with Crippen LogP contribution in [0.25, 0.3) is 16.6 Å². The number of carbonyl (C=O) groups is 1. The molecular weight excluding hydrogens is 385 g/mol. The summed E-state index contributed by atoms with van der Waals surface area (Å²) in [5.41, 5.74) is 3.08. The third kappa shape index (κ3) is 3.28. The Morgan fingerprint density at radius 2 is 2.10 bits per heavy atom. The lowest BCUT2D eigenvalue weighted by Gasteiger charge is -2.16. The van der Waals surface area contributed by atoms with E-state index in [1.54, 1.807) is 29.8 Å². The van der Waals surface area contributed by atoms with Crippen LogP contribution in [-0.4, -0.2) is 28.9 Å². The Morgan fingerprint density at radius 3 is 2.70 bits per heavy atom. The van der Waals surface area contributed by atoms with E-state index in [1.165, 1.54) is 14.0 Å². The molecule has 0 amide bonds. The SMILES string of the molecule is CCC(=O)c1c(OC)cc(-c2cnn3cc(C4(C#N)CC4)ccc23)cc1OC(C)F. The van der Waals surface area contributed by atoms with Crippen molar-refractivity contribution in [3.8, 4) is 28.7 Å². The minimum Gasteiger partial charge on any atom is -0.496 e. The number of Topliss-reactive ketones (excluding diaryl/α,β-unsaturated/α-hetero) is 1. The fourth-order valence-electron chi connectivity index (χ4n) is 3.71. The highest BCUT2D eigenvalue weighted by atomic mass is 19.1. The van der Waals surface area contributed by atoms with Gasteiger partial charge >= 0.3 is 0 Å². The van der Waals surface area contributed by atoms with Gasteiger partial charge in [0, 0.05) is 25.1 Å². The number of rotatable bonds is 7. The third-order valence-electron chi connectivity index (χ3n) is 5.52. The first-order valence-electron chi connectivity index (χ1n) is 9.88. The lowest BCUT2D eigenvalue weighted by atomic mass is 9.98. The molecule has 6 nitrogen and oxygen atoms in total. The van der Waals surface area contributed by atoms with E-state index in [-0.39, 0.29) is 23.5 Å². The molecule has 2 aromatic heterocycles. The highest BCUT2D eigenvalue weighted by Crippen LogP contribution is 2.47. The van der Waals surface area contributed by atoms with Crippen LogP contribution in [0.5, 0.6) is 11.5 Å². The molecule has 1 aliphatic carbocycles. The third-order valence-corrected chi connectivity index (χ3v) is 5.52. The van der Waals surface area contributed by atoms with E-state index >= 15 is 0 Å². The average Bonchev–Trinajstić information content (AvgIpc) is 3.44. The number of ketones is 1. The van der Waals surface area contributed by atoms with E-state index in [2.05, 4.69) is 11.2 Å². The van der Waals surface area contributed by atoms with Gasteiger partial charge in [-0.1, -0.05) is 13.0 Å². The maximum absolute atomic E-state index is 13.7. The number of halogens is 1. The highest BCUT2D eigenvalue weighted by Gasteiger charge is 2.45. The molecule has 0 N–H and O–H groups in total. The molecule has 0 saturated heterocycles. The summed E-state index contributed by atoms with van der Waals surface area (Å²) in [6.45, 7) is 2.99. The zero-order chi connectivity index (χ0) is 21.5. The topological polar surface area (TPSA) is 76.6 Å². The zero-order valence-electron chi connectivity index (χ0n) is 17.1. The fraction of sp³-hybridized carbons (Fsp3) is 0.348. The van der Waals surface area contributed by atoms with Crippen LogP contribution in [0, 0.1) is 11.3 Å². The fourth-order valence-corrected chi connectivity index (χ4v) is 3.71. The Bertz CT molecular complexity index is 1170. The van der Waals surface area contributed by atoms with Crippen molar-refractivity contribution in [2.75, 3.05) is 7.11 Å². The summed E-state index contributed by atoms with van der Waals surface area (Å²) < 4.78 is 26.2. The number of benzene rings is 1. The molecule has 0 spiro atoms. The molecule has 0 radical (unpaired) electrons. The van der Waals surface area contributed by atoms with Crippen molar-refractivity contribution in [2.24, 2.45) is 0 Å². The lowest BCUT2D eigenvalue weighted by molar-refractivity contribution is 0.0820. The second-order valence-electron chi connectivity index (χ2n) is 7.49. The van der Waals surface area contributed by atoms with Crippen molar-refractivity contribution in [1.82, 2.24) is 9.61 Å². The molecule has 1 saturated carbocycles. The van der Waals surface area contributed by atoms with Gasteiger partial charge < -0.3 is 9.47 Å². The van der Waals surface area contributed by atoms with Crippen LogP contribution in [-0.2, 0) is 5.41 Å². The van der Waals surface area contributed by atoms with Gasteiger partial charge in [-0.3, -0.25) is 4.79 Å². The molecule has 1 fully saturated rings. The first-order chi connectivity index (χ1) is 14.4. The Balaban J connectivity index is 1.85. The first-order valence-corrected chi connectivity index (χ1v) is 9.88. The second kappa shape index (κ2) is 7.45. The summed E-state index contributed by atoms with van der Waals surface area (Å²) in [5, 5.41) is 13.9. The minimum atomic E-state index is -1.58. The predicted molar refractivity (Wildman–Crippen MR) is 110 cm³/mol. The molecule has 3 aromatic rings. The second-order valence-corrected chi connectivity index (χ2v) is 7.49. The van der Waals surface area contributed by atoms with Gasteiger partial charge in [-0.05, 0) is 42.2 Å². The molecule has 0 bridgehead atoms. The standard InChI is InChI=1S/C23H22FN3O3/c1-4-19(28)22-20(29-3)9-15(10-21(22)30-14(2)24)17-11-26-27-12-16(5-6-18(17)27)23(13-25)7-8-23/h5-6,9-12,14H,4,7-8H2,1-3H3. The van der Waals surface area contributed by atoms with Crippen molar-refractivity contribution in [2.45, 2.75) is 44.9 Å². The number of aromatic nitrogens is 2. The van der Waals surface area contributed by atoms with Crippen LogP contribution in [0.15, 0.2) is 36.7 Å². The van der Waals surface area contributed by atoms with Gasteiger partial charge in [-0.15, -0.1) is 0 Å². The smallest absolute Gasteiger partial charge is 0.235 e. The van der Waals surface area contributed by atoms with Crippen LogP contribution in [0.4, 0.5) is 4.39 Å². The number of hydrogen-bond acceptors (Lipinski definition) is 5. The van der Waals surface area contributed by atoms with Gasteiger partial charge in [-0.25, -0.2) is 8.91 Å². The molecule has 7 heteroatoms. The molecule has 30 heavy (non-hydrogen) atoms. The quantitative estimate of drug-likeness (QED) is 0.523. The maximum atomic E-state index is 13.7. The lowest BCUT2D eigenvalue weighted by Crippen LogP contribution is -2.10. The van der Waals surface area contributed by atoms with E-state index in [4.69, 9.17) is 9.47 Å². The van der Waals surface area contributed by atoms with Crippen LogP contribution in [0.2, 0.25) is 0 Å². The van der Waals surface area contributed by atoms with Gasteiger partial charge in [0.25, 0.3) is 0 Å². The van der Waals surface area contributed by atoms with Crippen LogP contribution in [0.1, 0.15) is 49.0 Å². The Hall–Kier alpha value is -3.40. The Labute approximate surface area is 173 Å². The molecule has 1 aromatic carbocycles. The van der Waals surface area contributed by atoms with Crippen molar-refractivity contribution in [3.05, 3.63) is 47.8 Å². The minimum absolute atomic E-state index is 0.142. The number of nitrogens with zero attached hydrogens (tertiary/aromatic N) is 3. The number of pyridine rings is 1. The number of methoxy groups -OCH3 is 1. The summed E-state index contributed by atoms with van der Waals surface area (Å²) in [6, 6.07) is 9.64. The van der Waals surface area contributed by atoms with Crippen LogP contribution >= 0.6 is 0 Å². The van der Waals surface area contributed by atoms with Gasteiger partial charge in [0.05, 0.1) is 30.3 Å². The molecule has 1 atom stereocenters. The molecule has 4 rings (SSSR count). The molecule has 1 unspecified atom stereocenters. The Morgan fingerprint density at radius 1 is 1.37 bits per heavy atom. The largest absolute Gasteiger partial charge is 0.496 e. The summed E-state index contributed by atoms with van der Waals surface area (Å²) >= 11 is 0. The number of alkyl halides is 1. The highest BCUT2D eigenvalue weighted by molar-refractivity contribution is 6.02. The molecule has 0 aliphatic heterocycles. The van der Waals surface area contributed by atoms with E-state index in [0.717, 1.165) is 29.5 Å². The molecule has 154 valence electrons. The van der Waals surface area contributed by atoms with Gasteiger partial charge in [0.15, 0.2) is 5.78 Å². The number of nitriles is 1. The van der Waals surface area contributed by atoms with Gasteiger partial charge in [-0.2, -0.15) is 10.4 Å². The summed E-state index contributed by atoms with van der Waals surface area (Å²) in [4.78, 5) is 12.4.